The topological polar surface area (TPSA) is 26.3 Å². The van der Waals surface area contributed by atoms with Gasteiger partial charge in [-0.1, -0.05) is 45.8 Å². The first-order chi connectivity index (χ1) is 6.48. The lowest BCUT2D eigenvalue weighted by atomic mass is 10.00. The number of carbonyl (C=O) groups is 1. The molecule has 2 nitrogen and oxygen atoms in total. The lowest BCUT2D eigenvalue weighted by Crippen LogP contribution is -2.26. The van der Waals surface area contributed by atoms with Crippen LogP contribution in [0, 0.1) is 6.92 Å². The quantitative estimate of drug-likeness (QED) is 0.601. The minimum absolute atomic E-state index is 0.290. The summed E-state index contributed by atoms with van der Waals surface area (Å²) in [5, 5.41) is 0. The van der Waals surface area contributed by atoms with Crippen LogP contribution in [-0.2, 0) is 13.9 Å². The fourth-order valence-electron chi connectivity index (χ4n) is 1.18. The smallest absolute Gasteiger partial charge is 0.326 e. The molecule has 0 N–H and O–H groups in total. The van der Waals surface area contributed by atoms with E-state index in [2.05, 4.69) is 15.9 Å². The Morgan fingerprint density at radius 1 is 1.36 bits per heavy atom. The van der Waals surface area contributed by atoms with Crippen molar-refractivity contribution in [2.75, 3.05) is 7.11 Å². The number of halogens is 1. The maximum absolute atomic E-state index is 11.4. The van der Waals surface area contributed by atoms with Gasteiger partial charge in [-0.05, 0) is 19.4 Å². The van der Waals surface area contributed by atoms with Gasteiger partial charge in [-0.3, -0.25) is 4.79 Å². The molecule has 0 spiro atoms. The summed E-state index contributed by atoms with van der Waals surface area (Å²) in [5.41, 5.74) is 2.07. The highest BCUT2D eigenvalue weighted by atomic mass is 79.9. The van der Waals surface area contributed by atoms with Crippen LogP contribution in [0.5, 0.6) is 0 Å². The number of esters is 1. The molecular formula is C11H13BrO2. The second-order valence-corrected chi connectivity index (χ2v) is 4.95. The Bertz CT molecular complexity index is 328. The average Bonchev–Trinajstić information content (AvgIpc) is 2.17. The minimum atomic E-state index is -0.755. The van der Waals surface area contributed by atoms with Crippen LogP contribution in [0.25, 0.3) is 0 Å². The largest absolute Gasteiger partial charge is 0.468 e. The molecule has 0 unspecified atom stereocenters. The summed E-state index contributed by atoms with van der Waals surface area (Å²) in [6, 6.07) is 7.78. The zero-order chi connectivity index (χ0) is 10.8. The zero-order valence-electron chi connectivity index (χ0n) is 8.50. The standard InChI is InChI=1S/C11H13BrO2/c1-8-4-6-9(7-5-8)11(2,12)10(13)14-3/h4-7H,1-3H3/t11-/m0/s1. The SMILES string of the molecule is COC(=O)[C@@](C)(Br)c1ccc(C)cc1. The van der Waals surface area contributed by atoms with Crippen LogP contribution in [0.4, 0.5) is 0 Å². The predicted octanol–water partition coefficient (Wildman–Crippen LogP) is 2.78. The molecule has 0 radical (unpaired) electrons. The van der Waals surface area contributed by atoms with Crippen LogP contribution in [-0.4, -0.2) is 13.1 Å². The first kappa shape index (κ1) is 11.2. The van der Waals surface area contributed by atoms with E-state index in [1.54, 1.807) is 6.92 Å². The molecule has 0 saturated heterocycles. The number of ether oxygens (including phenoxy) is 1. The number of hydrogen-bond donors (Lipinski definition) is 0. The van der Waals surface area contributed by atoms with Gasteiger partial charge in [0.05, 0.1) is 7.11 Å². The lowest BCUT2D eigenvalue weighted by molar-refractivity contribution is -0.143. The summed E-state index contributed by atoms with van der Waals surface area (Å²) >= 11 is 3.37. The molecule has 1 aromatic carbocycles. The van der Waals surface area contributed by atoms with Gasteiger partial charge in [0.1, 0.15) is 4.32 Å². The molecule has 0 aliphatic carbocycles. The van der Waals surface area contributed by atoms with E-state index < -0.39 is 4.32 Å². The molecule has 0 heterocycles. The number of rotatable bonds is 2. The first-order valence-electron chi connectivity index (χ1n) is 4.33. The maximum Gasteiger partial charge on any atom is 0.326 e. The molecule has 0 aliphatic heterocycles. The van der Waals surface area contributed by atoms with E-state index >= 15 is 0 Å². The van der Waals surface area contributed by atoms with Crippen molar-refractivity contribution < 1.29 is 9.53 Å². The Labute approximate surface area is 92.4 Å². The molecule has 1 atom stereocenters. The van der Waals surface area contributed by atoms with Crippen molar-refractivity contribution in [2.24, 2.45) is 0 Å². The highest BCUT2D eigenvalue weighted by molar-refractivity contribution is 9.10. The number of carbonyl (C=O) groups excluding carboxylic acids is 1. The Hall–Kier alpha value is -0.830. The Morgan fingerprint density at radius 3 is 2.29 bits per heavy atom. The second kappa shape index (κ2) is 4.13. The number of methoxy groups -OCH3 is 1. The van der Waals surface area contributed by atoms with Gasteiger partial charge in [-0.15, -0.1) is 0 Å². The molecular weight excluding hydrogens is 244 g/mol. The van der Waals surface area contributed by atoms with Gasteiger partial charge in [0, 0.05) is 0 Å². The van der Waals surface area contributed by atoms with Crippen LogP contribution in [0.1, 0.15) is 18.1 Å². The van der Waals surface area contributed by atoms with Crippen molar-refractivity contribution in [3.8, 4) is 0 Å². The summed E-state index contributed by atoms with van der Waals surface area (Å²) in [6.45, 7) is 3.79. The van der Waals surface area contributed by atoms with Crippen LogP contribution in [0.15, 0.2) is 24.3 Å². The third kappa shape index (κ3) is 2.15. The van der Waals surface area contributed by atoms with E-state index in [4.69, 9.17) is 4.74 Å². The van der Waals surface area contributed by atoms with Crippen molar-refractivity contribution >= 4 is 21.9 Å². The Kier molecular flexibility index (Phi) is 3.32. The fourth-order valence-corrected chi connectivity index (χ4v) is 1.60. The molecule has 0 amide bonds. The summed E-state index contributed by atoms with van der Waals surface area (Å²) in [7, 11) is 1.38. The monoisotopic (exact) mass is 256 g/mol. The maximum atomic E-state index is 11.4. The van der Waals surface area contributed by atoms with Gasteiger partial charge >= 0.3 is 5.97 Å². The summed E-state index contributed by atoms with van der Waals surface area (Å²) < 4.78 is 3.96. The zero-order valence-corrected chi connectivity index (χ0v) is 10.1. The van der Waals surface area contributed by atoms with Gasteiger partial charge in [0.15, 0.2) is 0 Å². The van der Waals surface area contributed by atoms with Crippen molar-refractivity contribution in [1.82, 2.24) is 0 Å². The van der Waals surface area contributed by atoms with Crippen LogP contribution in [0.3, 0.4) is 0 Å². The minimum Gasteiger partial charge on any atom is -0.468 e. The van der Waals surface area contributed by atoms with Gasteiger partial charge in [0.25, 0.3) is 0 Å². The van der Waals surface area contributed by atoms with Gasteiger partial charge in [-0.2, -0.15) is 0 Å². The highest BCUT2D eigenvalue weighted by Crippen LogP contribution is 2.32. The van der Waals surface area contributed by atoms with Crippen LogP contribution >= 0.6 is 15.9 Å². The molecule has 76 valence electrons. The number of benzene rings is 1. The molecule has 0 saturated carbocycles. The fraction of sp³-hybridized carbons (Fsp3) is 0.364. The predicted molar refractivity (Wildman–Crippen MR) is 59.5 cm³/mol. The van der Waals surface area contributed by atoms with E-state index in [0.29, 0.717) is 0 Å². The van der Waals surface area contributed by atoms with Gasteiger partial charge in [-0.25, -0.2) is 0 Å². The number of alkyl halides is 1. The average molecular weight is 257 g/mol. The van der Waals surface area contributed by atoms with E-state index in [0.717, 1.165) is 5.56 Å². The molecule has 0 aliphatic rings. The van der Waals surface area contributed by atoms with Crippen molar-refractivity contribution in [2.45, 2.75) is 18.2 Å². The van der Waals surface area contributed by atoms with Gasteiger partial charge < -0.3 is 4.74 Å². The molecule has 0 bridgehead atoms. The molecule has 0 fully saturated rings. The van der Waals surface area contributed by atoms with Crippen LogP contribution in [0.2, 0.25) is 0 Å². The molecule has 3 heteroatoms. The summed E-state index contributed by atoms with van der Waals surface area (Å²) in [5.74, 6) is -0.290. The number of aryl methyl sites for hydroxylation is 1. The van der Waals surface area contributed by atoms with Gasteiger partial charge in [0.2, 0.25) is 0 Å². The third-order valence-corrected chi connectivity index (χ3v) is 2.94. The first-order valence-corrected chi connectivity index (χ1v) is 5.12. The highest BCUT2D eigenvalue weighted by Gasteiger charge is 2.32. The third-order valence-electron chi connectivity index (χ3n) is 2.16. The molecule has 0 aromatic heterocycles. The second-order valence-electron chi connectivity index (χ2n) is 3.36. The normalized spacial score (nSPS) is 14.6. The lowest BCUT2D eigenvalue weighted by Gasteiger charge is -2.19. The Morgan fingerprint density at radius 2 is 1.86 bits per heavy atom. The Balaban J connectivity index is 3.03. The molecule has 1 rings (SSSR count). The van der Waals surface area contributed by atoms with E-state index in [-0.39, 0.29) is 5.97 Å². The van der Waals surface area contributed by atoms with Crippen molar-refractivity contribution in [1.29, 1.82) is 0 Å². The summed E-state index contributed by atoms with van der Waals surface area (Å²) in [4.78, 5) is 11.4. The van der Waals surface area contributed by atoms with E-state index in [9.17, 15) is 4.79 Å². The van der Waals surface area contributed by atoms with Crippen LogP contribution < -0.4 is 0 Å². The van der Waals surface area contributed by atoms with E-state index in [1.165, 1.54) is 12.7 Å². The number of hydrogen-bond acceptors (Lipinski definition) is 2. The summed E-state index contributed by atoms with van der Waals surface area (Å²) in [6.07, 6.45) is 0. The van der Waals surface area contributed by atoms with Crippen molar-refractivity contribution in [3.63, 3.8) is 0 Å². The van der Waals surface area contributed by atoms with Crippen molar-refractivity contribution in [3.05, 3.63) is 35.4 Å². The molecule has 14 heavy (non-hydrogen) atoms. The molecule has 1 aromatic rings. The van der Waals surface area contributed by atoms with E-state index in [1.807, 2.05) is 31.2 Å².